The number of nitrogens with zero attached hydrogens (tertiary/aromatic N) is 3. The van der Waals surface area contributed by atoms with E-state index < -0.39 is 0 Å². The Morgan fingerprint density at radius 2 is 2.00 bits per heavy atom. The summed E-state index contributed by atoms with van der Waals surface area (Å²) in [5.74, 6) is 0.376. The van der Waals surface area contributed by atoms with Gasteiger partial charge in [0.15, 0.2) is 0 Å². The highest BCUT2D eigenvalue weighted by atomic mass is 16.1. The molecule has 0 aliphatic heterocycles. The largest absolute Gasteiger partial charge is 0.349 e. The maximum atomic E-state index is 12.3. The second kappa shape index (κ2) is 9.21. The number of carbonyl (C=O) groups is 1. The van der Waals surface area contributed by atoms with Crippen LogP contribution in [0.2, 0.25) is 0 Å². The summed E-state index contributed by atoms with van der Waals surface area (Å²) in [6, 6.07) is 8.69. The van der Waals surface area contributed by atoms with E-state index in [0.717, 1.165) is 6.42 Å². The zero-order valence-electron chi connectivity index (χ0n) is 14.9. The topological polar surface area (TPSA) is 59.8 Å². The number of hydrogen-bond acceptors (Lipinski definition) is 3. The van der Waals surface area contributed by atoms with E-state index in [1.807, 2.05) is 0 Å². The van der Waals surface area contributed by atoms with Crippen LogP contribution in [0.15, 0.2) is 36.9 Å². The second-order valence-corrected chi connectivity index (χ2v) is 6.54. The fourth-order valence-corrected chi connectivity index (χ4v) is 2.72. The third-order valence-corrected chi connectivity index (χ3v) is 4.18. The summed E-state index contributed by atoms with van der Waals surface area (Å²) in [5.41, 5.74) is 2.53. The molecule has 1 aromatic heterocycles. The van der Waals surface area contributed by atoms with Gasteiger partial charge in [-0.25, -0.2) is 4.98 Å². The average molecular weight is 328 g/mol. The molecule has 0 saturated heterocycles. The Morgan fingerprint density at radius 1 is 1.25 bits per heavy atom. The van der Waals surface area contributed by atoms with Crippen molar-refractivity contribution in [3.63, 3.8) is 0 Å². The number of unbranched alkanes of at least 4 members (excludes halogenated alkanes) is 1. The van der Waals surface area contributed by atoms with Crippen molar-refractivity contribution in [2.75, 3.05) is 0 Å². The molecule has 0 aliphatic rings. The van der Waals surface area contributed by atoms with Crippen molar-refractivity contribution in [1.82, 2.24) is 20.1 Å². The molecule has 0 spiro atoms. The molecule has 24 heavy (non-hydrogen) atoms. The van der Waals surface area contributed by atoms with Crippen molar-refractivity contribution in [2.24, 2.45) is 5.92 Å². The summed E-state index contributed by atoms with van der Waals surface area (Å²) in [6.45, 7) is 7.02. The summed E-state index contributed by atoms with van der Waals surface area (Å²) in [4.78, 5) is 16.1. The van der Waals surface area contributed by atoms with Crippen LogP contribution in [0.25, 0.3) is 0 Å². The molecule has 0 radical (unpaired) electrons. The quantitative estimate of drug-likeness (QED) is 0.766. The number of carbonyl (C=O) groups excluding carboxylic acids is 1. The van der Waals surface area contributed by atoms with Gasteiger partial charge in [0.1, 0.15) is 12.7 Å². The molecule has 1 atom stereocenters. The van der Waals surface area contributed by atoms with Crippen LogP contribution in [0.5, 0.6) is 0 Å². The lowest BCUT2D eigenvalue weighted by Gasteiger charge is -2.23. The monoisotopic (exact) mass is 328 g/mol. The molecule has 5 heteroatoms. The van der Waals surface area contributed by atoms with E-state index in [-0.39, 0.29) is 11.9 Å². The maximum absolute atomic E-state index is 12.3. The standard InChI is InChI=1S/C19H28N4O/c1-4-5-6-16-7-9-17(10-8-16)19(15(2)3)22-18(24)11-12-23-14-20-13-21-23/h7-10,13-15,19H,4-6,11-12H2,1-3H3,(H,22,24). The van der Waals surface area contributed by atoms with Crippen molar-refractivity contribution in [3.8, 4) is 0 Å². The zero-order valence-corrected chi connectivity index (χ0v) is 14.9. The molecule has 1 amide bonds. The lowest BCUT2D eigenvalue weighted by molar-refractivity contribution is -0.122. The van der Waals surface area contributed by atoms with Crippen LogP contribution in [-0.2, 0) is 17.8 Å². The van der Waals surface area contributed by atoms with Gasteiger partial charge in [-0.2, -0.15) is 5.10 Å². The Bertz CT molecular complexity index is 605. The predicted octanol–water partition coefficient (Wildman–Crippen LogP) is 3.52. The Balaban J connectivity index is 1.94. The number of benzene rings is 1. The van der Waals surface area contributed by atoms with Crippen LogP contribution in [0.4, 0.5) is 0 Å². The van der Waals surface area contributed by atoms with Crippen LogP contribution >= 0.6 is 0 Å². The molecule has 5 nitrogen and oxygen atoms in total. The molecule has 0 fully saturated rings. The fraction of sp³-hybridized carbons (Fsp3) is 0.526. The number of aryl methyl sites for hydroxylation is 2. The summed E-state index contributed by atoms with van der Waals surface area (Å²) in [6.07, 6.45) is 7.05. The van der Waals surface area contributed by atoms with Crippen molar-refractivity contribution in [1.29, 1.82) is 0 Å². The van der Waals surface area contributed by atoms with Gasteiger partial charge in [-0.1, -0.05) is 51.5 Å². The summed E-state index contributed by atoms with van der Waals surface area (Å²) in [5, 5.41) is 7.18. The van der Waals surface area contributed by atoms with Gasteiger partial charge >= 0.3 is 0 Å². The van der Waals surface area contributed by atoms with Crippen molar-refractivity contribution in [3.05, 3.63) is 48.0 Å². The molecule has 0 bridgehead atoms. The highest BCUT2D eigenvalue weighted by Gasteiger charge is 2.18. The molecular formula is C19H28N4O. The number of rotatable bonds is 9. The van der Waals surface area contributed by atoms with Gasteiger partial charge in [0, 0.05) is 6.42 Å². The molecular weight excluding hydrogens is 300 g/mol. The Hall–Kier alpha value is -2.17. The third-order valence-electron chi connectivity index (χ3n) is 4.18. The SMILES string of the molecule is CCCCc1ccc(C(NC(=O)CCn2cncn2)C(C)C)cc1. The van der Waals surface area contributed by atoms with Crippen LogP contribution in [0.1, 0.15) is 57.2 Å². The minimum Gasteiger partial charge on any atom is -0.349 e. The first-order chi connectivity index (χ1) is 11.6. The van der Waals surface area contributed by atoms with E-state index in [4.69, 9.17) is 0 Å². The molecule has 2 rings (SSSR count). The Labute approximate surface area is 144 Å². The van der Waals surface area contributed by atoms with Gasteiger partial charge in [0.25, 0.3) is 0 Å². The predicted molar refractivity (Wildman–Crippen MR) is 95.4 cm³/mol. The molecule has 0 aliphatic carbocycles. The van der Waals surface area contributed by atoms with E-state index in [0.29, 0.717) is 18.9 Å². The molecule has 1 N–H and O–H groups in total. The van der Waals surface area contributed by atoms with E-state index in [9.17, 15) is 4.79 Å². The first-order valence-electron chi connectivity index (χ1n) is 8.80. The Morgan fingerprint density at radius 3 is 2.58 bits per heavy atom. The van der Waals surface area contributed by atoms with Gasteiger partial charge in [-0.3, -0.25) is 9.48 Å². The lowest BCUT2D eigenvalue weighted by Crippen LogP contribution is -2.32. The summed E-state index contributed by atoms with van der Waals surface area (Å²) < 4.78 is 1.67. The van der Waals surface area contributed by atoms with E-state index >= 15 is 0 Å². The number of nitrogens with one attached hydrogen (secondary N) is 1. The Kier molecular flexibility index (Phi) is 6.97. The highest BCUT2D eigenvalue weighted by molar-refractivity contribution is 5.76. The second-order valence-electron chi connectivity index (χ2n) is 6.54. The number of hydrogen-bond donors (Lipinski definition) is 1. The van der Waals surface area contributed by atoms with Gasteiger partial charge in [-0.15, -0.1) is 0 Å². The average Bonchev–Trinajstić information content (AvgIpc) is 3.10. The minimum absolute atomic E-state index is 0.0356. The summed E-state index contributed by atoms with van der Waals surface area (Å²) >= 11 is 0. The molecule has 1 unspecified atom stereocenters. The van der Waals surface area contributed by atoms with E-state index in [1.54, 1.807) is 11.0 Å². The van der Waals surface area contributed by atoms with Gasteiger partial charge in [-0.05, 0) is 29.9 Å². The smallest absolute Gasteiger partial charge is 0.222 e. The minimum atomic E-state index is 0.0356. The van der Waals surface area contributed by atoms with Gasteiger partial charge in [0.05, 0.1) is 12.6 Å². The van der Waals surface area contributed by atoms with Crippen LogP contribution in [0.3, 0.4) is 0 Å². The highest BCUT2D eigenvalue weighted by Crippen LogP contribution is 2.22. The molecule has 2 aromatic rings. The fourth-order valence-electron chi connectivity index (χ4n) is 2.72. The number of aromatic nitrogens is 3. The number of amides is 1. The van der Waals surface area contributed by atoms with Gasteiger partial charge < -0.3 is 5.32 Å². The maximum Gasteiger partial charge on any atom is 0.222 e. The zero-order chi connectivity index (χ0) is 17.4. The van der Waals surface area contributed by atoms with Crippen LogP contribution in [-0.4, -0.2) is 20.7 Å². The van der Waals surface area contributed by atoms with E-state index in [2.05, 4.69) is 60.4 Å². The molecule has 0 saturated carbocycles. The first-order valence-corrected chi connectivity index (χ1v) is 8.80. The van der Waals surface area contributed by atoms with Crippen LogP contribution < -0.4 is 5.32 Å². The normalized spacial score (nSPS) is 12.3. The van der Waals surface area contributed by atoms with Crippen molar-refractivity contribution < 1.29 is 4.79 Å². The van der Waals surface area contributed by atoms with Crippen molar-refractivity contribution >= 4 is 5.91 Å². The van der Waals surface area contributed by atoms with Gasteiger partial charge in [0.2, 0.25) is 5.91 Å². The molecule has 1 aromatic carbocycles. The third kappa shape index (κ3) is 5.48. The molecule has 1 heterocycles. The van der Waals surface area contributed by atoms with E-state index in [1.165, 1.54) is 30.3 Å². The van der Waals surface area contributed by atoms with Crippen LogP contribution in [0, 0.1) is 5.92 Å². The lowest BCUT2D eigenvalue weighted by atomic mass is 9.94. The first kappa shape index (κ1) is 18.2. The molecule has 130 valence electrons. The summed E-state index contributed by atoms with van der Waals surface area (Å²) in [7, 11) is 0. The van der Waals surface area contributed by atoms with Crippen molar-refractivity contribution in [2.45, 2.75) is 59.0 Å².